The van der Waals surface area contributed by atoms with Gasteiger partial charge in [0.15, 0.2) is 0 Å². The largest absolute Gasteiger partial charge is 0.353 e. The fourth-order valence-electron chi connectivity index (χ4n) is 4.42. The Morgan fingerprint density at radius 2 is 1.50 bits per heavy atom. The van der Waals surface area contributed by atoms with Crippen molar-refractivity contribution in [3.63, 3.8) is 0 Å². The summed E-state index contributed by atoms with van der Waals surface area (Å²) in [4.78, 5) is 28.9. The maximum absolute atomic E-state index is 12.6. The van der Waals surface area contributed by atoms with Crippen molar-refractivity contribution >= 4 is 11.9 Å². The van der Waals surface area contributed by atoms with Crippen LogP contribution in [0.4, 0.5) is 4.79 Å². The second kappa shape index (κ2) is 8.19. The number of carbonyl (C=O) groups excluding carboxylic acids is 2. The number of urea groups is 1. The first-order valence-electron chi connectivity index (χ1n) is 9.73. The highest BCUT2D eigenvalue weighted by Crippen LogP contribution is 2.25. The number of nitrogens with two attached hydrogens (primary N) is 1. The summed E-state index contributed by atoms with van der Waals surface area (Å²) in [6.07, 6.45) is 8.40. The van der Waals surface area contributed by atoms with Gasteiger partial charge in [0.25, 0.3) is 0 Å². The van der Waals surface area contributed by atoms with Gasteiger partial charge in [0, 0.05) is 38.1 Å². The molecule has 2 aliphatic heterocycles. The fourth-order valence-corrected chi connectivity index (χ4v) is 4.42. The Morgan fingerprint density at radius 3 is 2.17 bits per heavy atom. The number of amides is 3. The summed E-state index contributed by atoms with van der Waals surface area (Å²) >= 11 is 0. The van der Waals surface area contributed by atoms with Crippen LogP contribution in [0.2, 0.25) is 0 Å². The quantitative estimate of drug-likeness (QED) is 0.821. The zero-order valence-corrected chi connectivity index (χ0v) is 14.7. The van der Waals surface area contributed by atoms with Crippen LogP contribution in [0, 0.1) is 11.8 Å². The summed E-state index contributed by atoms with van der Waals surface area (Å²) in [5.41, 5.74) is 5.86. The molecule has 0 radical (unpaired) electrons. The van der Waals surface area contributed by atoms with E-state index in [9.17, 15) is 9.59 Å². The fraction of sp³-hybridized carbons (Fsp3) is 0.889. The molecule has 3 aliphatic rings. The Hall–Kier alpha value is -1.30. The number of piperidine rings is 1. The molecule has 2 unspecified atom stereocenters. The Balaban J connectivity index is 1.45. The minimum Gasteiger partial charge on any atom is -0.353 e. The number of likely N-dealkylation sites (tertiary alicyclic amines) is 2. The molecule has 2 heterocycles. The van der Waals surface area contributed by atoms with Crippen LogP contribution in [0.25, 0.3) is 0 Å². The molecule has 0 aromatic rings. The first-order valence-corrected chi connectivity index (χ1v) is 9.73. The summed E-state index contributed by atoms with van der Waals surface area (Å²) in [7, 11) is 0. The van der Waals surface area contributed by atoms with Gasteiger partial charge in [-0.2, -0.15) is 0 Å². The molecule has 136 valence electrons. The SMILES string of the molecule is NCC1CCCCC1NC(=O)C1CCN(C(=O)N2CCCC2)CC1. The second-order valence-corrected chi connectivity index (χ2v) is 7.63. The molecule has 3 N–H and O–H groups in total. The highest BCUT2D eigenvalue weighted by molar-refractivity contribution is 5.80. The maximum atomic E-state index is 12.6. The molecule has 3 fully saturated rings. The van der Waals surface area contributed by atoms with E-state index in [1.807, 2.05) is 9.80 Å². The van der Waals surface area contributed by atoms with E-state index in [1.54, 1.807) is 0 Å². The van der Waals surface area contributed by atoms with Gasteiger partial charge in [-0.25, -0.2) is 4.79 Å². The number of carbonyl (C=O) groups is 2. The van der Waals surface area contributed by atoms with E-state index in [4.69, 9.17) is 5.73 Å². The van der Waals surface area contributed by atoms with Crippen LogP contribution in [0.3, 0.4) is 0 Å². The van der Waals surface area contributed by atoms with Crippen molar-refractivity contribution in [1.82, 2.24) is 15.1 Å². The van der Waals surface area contributed by atoms with E-state index in [2.05, 4.69) is 5.32 Å². The van der Waals surface area contributed by atoms with Gasteiger partial charge in [-0.15, -0.1) is 0 Å². The van der Waals surface area contributed by atoms with Crippen molar-refractivity contribution in [2.75, 3.05) is 32.7 Å². The lowest BCUT2D eigenvalue weighted by molar-refractivity contribution is -0.127. The molecule has 24 heavy (non-hydrogen) atoms. The predicted octanol–water partition coefficient (Wildman–Crippen LogP) is 1.55. The molecule has 0 spiro atoms. The first-order chi connectivity index (χ1) is 11.7. The van der Waals surface area contributed by atoms with Gasteiger partial charge in [0.05, 0.1) is 0 Å². The molecule has 0 aromatic heterocycles. The Bertz CT molecular complexity index is 442. The van der Waals surface area contributed by atoms with Crippen LogP contribution >= 0.6 is 0 Å². The van der Waals surface area contributed by atoms with Gasteiger partial charge in [-0.05, 0) is 51.0 Å². The van der Waals surface area contributed by atoms with E-state index in [0.29, 0.717) is 25.6 Å². The predicted molar refractivity (Wildman–Crippen MR) is 93.4 cm³/mol. The van der Waals surface area contributed by atoms with Crippen LogP contribution < -0.4 is 11.1 Å². The molecule has 6 nitrogen and oxygen atoms in total. The first kappa shape index (κ1) is 17.5. The molecule has 0 aromatic carbocycles. The van der Waals surface area contributed by atoms with Crippen molar-refractivity contribution in [1.29, 1.82) is 0 Å². The van der Waals surface area contributed by atoms with Gasteiger partial charge in [0.2, 0.25) is 5.91 Å². The number of nitrogens with one attached hydrogen (secondary N) is 1. The van der Waals surface area contributed by atoms with Gasteiger partial charge in [0.1, 0.15) is 0 Å². The molecule has 2 atom stereocenters. The number of hydrogen-bond acceptors (Lipinski definition) is 3. The van der Waals surface area contributed by atoms with Crippen molar-refractivity contribution in [3.8, 4) is 0 Å². The third-order valence-corrected chi connectivity index (χ3v) is 6.05. The van der Waals surface area contributed by atoms with Crippen LogP contribution in [-0.4, -0.2) is 60.5 Å². The van der Waals surface area contributed by atoms with Crippen molar-refractivity contribution in [2.45, 2.75) is 57.4 Å². The van der Waals surface area contributed by atoms with Gasteiger partial charge < -0.3 is 20.9 Å². The standard InChI is InChI=1S/C18H32N4O2/c19-13-15-5-1-2-6-16(15)20-17(23)14-7-11-22(12-8-14)18(24)21-9-3-4-10-21/h14-16H,1-13,19H2,(H,20,23). The average Bonchev–Trinajstić information content (AvgIpc) is 3.16. The molecule has 6 heteroatoms. The lowest BCUT2D eigenvalue weighted by Gasteiger charge is -2.36. The Kier molecular flexibility index (Phi) is 5.98. The minimum absolute atomic E-state index is 0.0491. The second-order valence-electron chi connectivity index (χ2n) is 7.63. The van der Waals surface area contributed by atoms with Gasteiger partial charge in [-0.1, -0.05) is 12.8 Å². The monoisotopic (exact) mass is 336 g/mol. The topological polar surface area (TPSA) is 78.7 Å². The van der Waals surface area contributed by atoms with E-state index in [-0.39, 0.29) is 23.9 Å². The minimum atomic E-state index is 0.0491. The summed E-state index contributed by atoms with van der Waals surface area (Å²) in [6.45, 7) is 3.85. The zero-order valence-electron chi connectivity index (χ0n) is 14.7. The van der Waals surface area contributed by atoms with E-state index >= 15 is 0 Å². The highest BCUT2D eigenvalue weighted by atomic mass is 16.2. The Morgan fingerprint density at radius 1 is 0.875 bits per heavy atom. The molecular formula is C18H32N4O2. The third kappa shape index (κ3) is 4.02. The number of nitrogens with zero attached hydrogens (tertiary/aromatic N) is 2. The molecule has 1 saturated carbocycles. The normalized spacial score (nSPS) is 28.9. The maximum Gasteiger partial charge on any atom is 0.319 e. The lowest BCUT2D eigenvalue weighted by Crippen LogP contribution is -2.50. The summed E-state index contributed by atoms with van der Waals surface area (Å²) in [5.74, 6) is 0.654. The summed E-state index contributed by atoms with van der Waals surface area (Å²) in [6, 6.07) is 0.419. The van der Waals surface area contributed by atoms with Crippen LogP contribution in [0.1, 0.15) is 51.4 Å². The highest BCUT2D eigenvalue weighted by Gasteiger charge is 2.32. The molecule has 3 rings (SSSR count). The lowest BCUT2D eigenvalue weighted by atomic mass is 9.84. The summed E-state index contributed by atoms with van der Waals surface area (Å²) in [5, 5.41) is 3.26. The molecule has 1 aliphatic carbocycles. The number of rotatable bonds is 3. The number of hydrogen-bond donors (Lipinski definition) is 2. The van der Waals surface area contributed by atoms with E-state index in [1.165, 1.54) is 12.8 Å². The third-order valence-electron chi connectivity index (χ3n) is 6.05. The van der Waals surface area contributed by atoms with Crippen LogP contribution in [0.5, 0.6) is 0 Å². The van der Waals surface area contributed by atoms with Crippen molar-refractivity contribution < 1.29 is 9.59 Å². The van der Waals surface area contributed by atoms with Gasteiger partial charge >= 0.3 is 6.03 Å². The van der Waals surface area contributed by atoms with Gasteiger partial charge in [-0.3, -0.25) is 4.79 Å². The molecule has 3 amide bonds. The molecule has 2 saturated heterocycles. The van der Waals surface area contributed by atoms with Crippen molar-refractivity contribution in [3.05, 3.63) is 0 Å². The van der Waals surface area contributed by atoms with Crippen LogP contribution in [-0.2, 0) is 4.79 Å². The zero-order chi connectivity index (χ0) is 16.9. The smallest absolute Gasteiger partial charge is 0.319 e. The van der Waals surface area contributed by atoms with E-state index in [0.717, 1.165) is 51.6 Å². The Labute approximate surface area is 145 Å². The molecular weight excluding hydrogens is 304 g/mol. The molecule has 0 bridgehead atoms. The van der Waals surface area contributed by atoms with E-state index < -0.39 is 0 Å². The average molecular weight is 336 g/mol. The summed E-state index contributed by atoms with van der Waals surface area (Å²) < 4.78 is 0. The van der Waals surface area contributed by atoms with Crippen molar-refractivity contribution in [2.24, 2.45) is 17.6 Å². The van der Waals surface area contributed by atoms with Crippen LogP contribution in [0.15, 0.2) is 0 Å².